The average molecular weight is 365 g/mol. The summed E-state index contributed by atoms with van der Waals surface area (Å²) in [4.78, 5) is 4.24. The molecule has 1 N–H and O–H groups in total. The molecule has 0 spiro atoms. The lowest BCUT2D eigenvalue weighted by molar-refractivity contribution is 0.0114. The number of aliphatic hydroxyl groups excluding tert-OH is 1. The summed E-state index contributed by atoms with van der Waals surface area (Å²) in [7, 11) is 0. The Morgan fingerprint density at radius 1 is 1.22 bits per heavy atom. The van der Waals surface area contributed by atoms with Crippen LogP contribution in [0.4, 0.5) is 4.39 Å². The number of fused-ring (bicyclic) bond motifs is 5. The van der Waals surface area contributed by atoms with Crippen molar-refractivity contribution in [2.45, 2.75) is 52.1 Å². The quantitative estimate of drug-likeness (QED) is 0.669. The molecule has 6 atom stereocenters. The van der Waals surface area contributed by atoms with E-state index in [1.54, 1.807) is 6.20 Å². The van der Waals surface area contributed by atoms with Gasteiger partial charge < -0.3 is 5.11 Å². The van der Waals surface area contributed by atoms with Crippen molar-refractivity contribution in [3.63, 3.8) is 0 Å². The third kappa shape index (κ3) is 2.37. The second kappa shape index (κ2) is 5.88. The van der Waals surface area contributed by atoms with Crippen molar-refractivity contribution < 1.29 is 9.50 Å². The van der Waals surface area contributed by atoms with E-state index in [0.717, 1.165) is 36.8 Å². The highest BCUT2D eigenvalue weighted by Gasteiger charge is 2.57. The first-order valence-electron chi connectivity index (χ1n) is 10.3. The molecule has 0 aliphatic heterocycles. The molecule has 3 heteroatoms. The zero-order chi connectivity index (χ0) is 18.8. The number of nitrogens with zero attached hydrogens (tertiary/aromatic N) is 1. The van der Waals surface area contributed by atoms with Crippen molar-refractivity contribution in [1.82, 2.24) is 4.98 Å². The number of pyridine rings is 1. The van der Waals surface area contributed by atoms with Crippen molar-refractivity contribution in [1.29, 1.82) is 0 Å². The van der Waals surface area contributed by atoms with E-state index in [1.165, 1.54) is 5.57 Å². The highest BCUT2D eigenvalue weighted by atomic mass is 19.1. The first-order chi connectivity index (χ1) is 12.9. The molecule has 1 saturated carbocycles. The maximum Gasteiger partial charge on any atom is 0.105 e. The molecule has 4 aliphatic carbocycles. The third-order valence-corrected chi connectivity index (χ3v) is 8.21. The van der Waals surface area contributed by atoms with Gasteiger partial charge in [0.25, 0.3) is 0 Å². The Labute approximate surface area is 160 Å². The molecule has 1 aromatic heterocycles. The number of hydrogen-bond acceptors (Lipinski definition) is 2. The van der Waals surface area contributed by atoms with Crippen molar-refractivity contribution >= 4 is 5.57 Å². The Hall–Kier alpha value is -1.74. The summed E-state index contributed by atoms with van der Waals surface area (Å²) in [5, 5.41) is 10.1. The standard InChI is InChI=1S/C24H28FNO/c1-23-9-7-17(27)12-16(23)5-6-18-19(23)8-10-24(2)20(18)13-21(25)22(24)15-4-3-11-26-14-15/h3-5,7,9,11,14,17-20,27H,6,8,10,12-13H2,1-2H3/t17-,18+,19-,20-,23-,24-/m0/s1. The van der Waals surface area contributed by atoms with E-state index in [1.807, 2.05) is 24.4 Å². The second-order valence-electron chi connectivity index (χ2n) is 9.44. The van der Waals surface area contributed by atoms with E-state index in [2.05, 4.69) is 31.0 Å². The van der Waals surface area contributed by atoms with Gasteiger partial charge in [0.15, 0.2) is 0 Å². The fourth-order valence-corrected chi connectivity index (χ4v) is 6.84. The maximum absolute atomic E-state index is 15.2. The van der Waals surface area contributed by atoms with Crippen LogP contribution < -0.4 is 0 Å². The summed E-state index contributed by atoms with van der Waals surface area (Å²) in [5.41, 5.74) is 3.18. The van der Waals surface area contributed by atoms with Crippen LogP contribution in [0, 0.1) is 28.6 Å². The topological polar surface area (TPSA) is 33.1 Å². The minimum Gasteiger partial charge on any atom is -0.389 e. The molecule has 4 aliphatic rings. The smallest absolute Gasteiger partial charge is 0.105 e. The first kappa shape index (κ1) is 17.4. The number of aliphatic hydroxyl groups is 1. The van der Waals surface area contributed by atoms with Crippen LogP contribution in [0.2, 0.25) is 0 Å². The molecule has 0 bridgehead atoms. The van der Waals surface area contributed by atoms with Gasteiger partial charge in [-0.1, -0.05) is 43.7 Å². The lowest BCUT2D eigenvalue weighted by atomic mass is 9.48. The Morgan fingerprint density at radius 2 is 2.07 bits per heavy atom. The molecule has 1 aromatic rings. The lowest BCUT2D eigenvalue weighted by Gasteiger charge is -2.56. The van der Waals surface area contributed by atoms with Crippen molar-refractivity contribution in [2.75, 3.05) is 0 Å². The van der Waals surface area contributed by atoms with Crippen LogP contribution in [-0.4, -0.2) is 16.2 Å². The van der Waals surface area contributed by atoms with E-state index in [0.29, 0.717) is 24.2 Å². The fourth-order valence-electron chi connectivity index (χ4n) is 6.84. The normalized spacial score (nSPS) is 43.0. The van der Waals surface area contributed by atoms with Gasteiger partial charge in [-0.05, 0) is 66.1 Å². The van der Waals surface area contributed by atoms with E-state index in [4.69, 9.17) is 0 Å². The highest BCUT2D eigenvalue weighted by Crippen LogP contribution is 2.66. The van der Waals surface area contributed by atoms with Crippen LogP contribution in [0.15, 0.2) is 54.2 Å². The van der Waals surface area contributed by atoms with Crippen LogP contribution in [0.3, 0.4) is 0 Å². The molecule has 0 amide bonds. The van der Waals surface area contributed by atoms with E-state index in [-0.39, 0.29) is 22.8 Å². The Morgan fingerprint density at radius 3 is 2.85 bits per heavy atom. The summed E-state index contributed by atoms with van der Waals surface area (Å²) >= 11 is 0. The molecule has 1 heterocycles. The average Bonchev–Trinajstić information content (AvgIpc) is 2.93. The van der Waals surface area contributed by atoms with Crippen LogP contribution in [0.5, 0.6) is 0 Å². The SMILES string of the molecule is C[C@]12C=C[C@H](O)CC1=CC[C@@H]1[C@@H]2CC[C@]2(C)C(c3cccnc3)=C(F)C[C@@H]12. The molecule has 0 radical (unpaired) electrons. The lowest BCUT2D eigenvalue weighted by Crippen LogP contribution is -2.48. The third-order valence-electron chi connectivity index (χ3n) is 8.21. The van der Waals surface area contributed by atoms with Crippen LogP contribution in [0.25, 0.3) is 5.57 Å². The van der Waals surface area contributed by atoms with Gasteiger partial charge in [-0.3, -0.25) is 4.98 Å². The maximum atomic E-state index is 15.2. The molecule has 0 aromatic carbocycles. The van der Waals surface area contributed by atoms with Gasteiger partial charge in [0.1, 0.15) is 5.83 Å². The Kier molecular flexibility index (Phi) is 3.78. The van der Waals surface area contributed by atoms with Crippen LogP contribution in [-0.2, 0) is 0 Å². The summed E-state index contributed by atoms with van der Waals surface area (Å²) < 4.78 is 15.2. The van der Waals surface area contributed by atoms with Gasteiger partial charge in [-0.2, -0.15) is 0 Å². The Bertz CT molecular complexity index is 856. The molecule has 0 saturated heterocycles. The summed E-state index contributed by atoms with van der Waals surface area (Å²) in [6.07, 6.45) is 14.3. The predicted molar refractivity (Wildman–Crippen MR) is 105 cm³/mol. The highest BCUT2D eigenvalue weighted by molar-refractivity contribution is 5.74. The molecule has 5 rings (SSSR count). The second-order valence-corrected chi connectivity index (χ2v) is 9.44. The van der Waals surface area contributed by atoms with Crippen molar-refractivity contribution in [3.05, 3.63) is 59.7 Å². The summed E-state index contributed by atoms with van der Waals surface area (Å²) in [5.74, 6) is 1.46. The molecule has 0 unspecified atom stereocenters. The van der Waals surface area contributed by atoms with Crippen molar-refractivity contribution in [2.24, 2.45) is 28.6 Å². The van der Waals surface area contributed by atoms with Crippen LogP contribution in [0.1, 0.15) is 51.5 Å². The zero-order valence-corrected chi connectivity index (χ0v) is 16.2. The molecule has 1 fully saturated rings. The summed E-state index contributed by atoms with van der Waals surface area (Å²) in [6, 6.07) is 3.92. The number of aromatic nitrogens is 1. The molecular weight excluding hydrogens is 337 g/mol. The van der Waals surface area contributed by atoms with Gasteiger partial charge in [-0.25, -0.2) is 4.39 Å². The van der Waals surface area contributed by atoms with Gasteiger partial charge >= 0.3 is 0 Å². The number of allylic oxidation sites excluding steroid dienone is 4. The Balaban J connectivity index is 1.53. The summed E-state index contributed by atoms with van der Waals surface area (Å²) in [6.45, 7) is 4.62. The molecule has 142 valence electrons. The van der Waals surface area contributed by atoms with Gasteiger partial charge in [0, 0.05) is 24.2 Å². The molecule has 27 heavy (non-hydrogen) atoms. The fraction of sp³-hybridized carbons (Fsp3) is 0.542. The van der Waals surface area contributed by atoms with E-state index < -0.39 is 0 Å². The van der Waals surface area contributed by atoms with Crippen LogP contribution >= 0.6 is 0 Å². The van der Waals surface area contributed by atoms with E-state index in [9.17, 15) is 5.11 Å². The number of halogens is 1. The largest absolute Gasteiger partial charge is 0.389 e. The zero-order valence-electron chi connectivity index (χ0n) is 16.2. The van der Waals surface area contributed by atoms with E-state index >= 15 is 4.39 Å². The van der Waals surface area contributed by atoms with Gasteiger partial charge in [0.05, 0.1) is 6.10 Å². The van der Waals surface area contributed by atoms with Gasteiger partial charge in [0.2, 0.25) is 0 Å². The minimum absolute atomic E-state index is 0.0248. The molecular formula is C24H28FNO. The number of rotatable bonds is 1. The first-order valence-corrected chi connectivity index (χ1v) is 10.3. The minimum atomic E-state index is -0.350. The predicted octanol–water partition coefficient (Wildman–Crippen LogP) is 5.47. The monoisotopic (exact) mass is 365 g/mol. The number of hydrogen-bond donors (Lipinski definition) is 1. The molecule has 2 nitrogen and oxygen atoms in total. The van der Waals surface area contributed by atoms with Gasteiger partial charge in [-0.15, -0.1) is 0 Å². The van der Waals surface area contributed by atoms with Crippen molar-refractivity contribution in [3.8, 4) is 0 Å².